The predicted octanol–water partition coefficient (Wildman–Crippen LogP) is 4.36. The fraction of sp³-hybridized carbons (Fsp3) is 0.333. The van der Waals surface area contributed by atoms with E-state index in [-0.39, 0.29) is 0 Å². The van der Waals surface area contributed by atoms with Crippen LogP contribution in [0.4, 0.5) is 0 Å². The maximum absolute atomic E-state index is 5.73. The summed E-state index contributed by atoms with van der Waals surface area (Å²) in [5.74, 6) is 0.942. The number of benzene rings is 2. The third-order valence-electron chi connectivity index (χ3n) is 3.31. The van der Waals surface area contributed by atoms with Crippen LogP contribution in [-0.2, 0) is 6.42 Å². The summed E-state index contributed by atoms with van der Waals surface area (Å²) in [5, 5.41) is 3.49. The molecule has 0 aliphatic rings. The molecule has 3 heteroatoms. The lowest BCUT2D eigenvalue weighted by Gasteiger charge is -2.14. The zero-order valence-electron chi connectivity index (χ0n) is 12.6. The van der Waals surface area contributed by atoms with Gasteiger partial charge in [-0.25, -0.2) is 0 Å². The van der Waals surface area contributed by atoms with Crippen LogP contribution in [0.2, 0.25) is 0 Å². The number of halogens is 1. The van der Waals surface area contributed by atoms with Crippen molar-refractivity contribution in [3.63, 3.8) is 0 Å². The van der Waals surface area contributed by atoms with E-state index in [1.807, 2.05) is 12.1 Å². The van der Waals surface area contributed by atoms with Crippen molar-refractivity contribution in [3.8, 4) is 5.75 Å². The molecule has 0 saturated carbocycles. The molecule has 1 atom stereocenters. The molecule has 2 nitrogen and oxygen atoms in total. The van der Waals surface area contributed by atoms with E-state index in [2.05, 4.69) is 71.5 Å². The third kappa shape index (κ3) is 5.90. The molecule has 0 amide bonds. The first-order valence-electron chi connectivity index (χ1n) is 7.31. The van der Waals surface area contributed by atoms with Crippen molar-refractivity contribution in [1.29, 1.82) is 0 Å². The zero-order chi connectivity index (χ0) is 15.1. The molecule has 0 spiro atoms. The molecule has 0 aliphatic heterocycles. The topological polar surface area (TPSA) is 21.3 Å². The second-order valence-electron chi connectivity index (χ2n) is 5.35. The van der Waals surface area contributed by atoms with Gasteiger partial charge in [-0.05, 0) is 55.7 Å². The summed E-state index contributed by atoms with van der Waals surface area (Å²) in [6.45, 7) is 5.82. The van der Waals surface area contributed by atoms with Gasteiger partial charge in [0.05, 0.1) is 0 Å². The zero-order valence-corrected chi connectivity index (χ0v) is 14.2. The van der Waals surface area contributed by atoms with E-state index in [9.17, 15) is 0 Å². The van der Waals surface area contributed by atoms with E-state index in [0.717, 1.165) is 23.2 Å². The van der Waals surface area contributed by atoms with Gasteiger partial charge in [-0.2, -0.15) is 0 Å². The Bertz CT molecular complexity index is 553. The van der Waals surface area contributed by atoms with Crippen molar-refractivity contribution >= 4 is 15.9 Å². The van der Waals surface area contributed by atoms with E-state index in [4.69, 9.17) is 4.74 Å². The molecular weight excluding hydrogens is 326 g/mol. The normalized spacial score (nSPS) is 12.1. The Morgan fingerprint density at radius 2 is 1.90 bits per heavy atom. The fourth-order valence-corrected chi connectivity index (χ4v) is 2.49. The highest BCUT2D eigenvalue weighted by Crippen LogP contribution is 2.13. The smallest absolute Gasteiger partial charge is 0.119 e. The SMILES string of the molecule is Cc1cccc(OCCNC(C)Cc2ccc(Br)cc2)c1. The van der Waals surface area contributed by atoms with Crippen molar-refractivity contribution in [2.45, 2.75) is 26.3 Å². The second kappa shape index (κ2) is 8.20. The van der Waals surface area contributed by atoms with Crippen LogP contribution in [0.15, 0.2) is 53.0 Å². The number of ether oxygens (including phenoxy) is 1. The molecule has 2 rings (SSSR count). The summed E-state index contributed by atoms with van der Waals surface area (Å²) >= 11 is 3.46. The highest BCUT2D eigenvalue weighted by atomic mass is 79.9. The van der Waals surface area contributed by atoms with Crippen molar-refractivity contribution in [2.75, 3.05) is 13.2 Å². The monoisotopic (exact) mass is 347 g/mol. The molecule has 0 saturated heterocycles. The van der Waals surface area contributed by atoms with Gasteiger partial charge in [0.1, 0.15) is 12.4 Å². The molecule has 0 bridgehead atoms. The van der Waals surface area contributed by atoms with Crippen LogP contribution < -0.4 is 10.1 Å². The minimum absolute atomic E-state index is 0.437. The Hall–Kier alpha value is -1.32. The van der Waals surface area contributed by atoms with Crippen molar-refractivity contribution in [1.82, 2.24) is 5.32 Å². The first-order chi connectivity index (χ1) is 10.1. The van der Waals surface area contributed by atoms with Gasteiger partial charge in [0, 0.05) is 17.1 Å². The van der Waals surface area contributed by atoms with Gasteiger partial charge >= 0.3 is 0 Å². The first kappa shape index (κ1) is 16.1. The standard InChI is InChI=1S/C18H22BrNO/c1-14-4-3-5-18(12-14)21-11-10-20-15(2)13-16-6-8-17(19)9-7-16/h3-9,12,15,20H,10-11,13H2,1-2H3. The summed E-state index contributed by atoms with van der Waals surface area (Å²) in [6.07, 6.45) is 1.03. The molecule has 1 N–H and O–H groups in total. The van der Waals surface area contributed by atoms with Crippen LogP contribution in [0.25, 0.3) is 0 Å². The van der Waals surface area contributed by atoms with Gasteiger partial charge in [0.2, 0.25) is 0 Å². The number of nitrogens with one attached hydrogen (secondary N) is 1. The van der Waals surface area contributed by atoms with Gasteiger partial charge in [-0.3, -0.25) is 0 Å². The summed E-state index contributed by atoms with van der Waals surface area (Å²) < 4.78 is 6.86. The van der Waals surface area contributed by atoms with E-state index in [1.165, 1.54) is 11.1 Å². The van der Waals surface area contributed by atoms with E-state index in [1.54, 1.807) is 0 Å². The van der Waals surface area contributed by atoms with Crippen molar-refractivity contribution in [3.05, 3.63) is 64.1 Å². The Balaban J connectivity index is 1.67. The van der Waals surface area contributed by atoms with Gasteiger partial charge in [0.25, 0.3) is 0 Å². The minimum Gasteiger partial charge on any atom is -0.492 e. The molecule has 0 radical (unpaired) electrons. The predicted molar refractivity (Wildman–Crippen MR) is 92.0 cm³/mol. The molecule has 112 valence electrons. The molecule has 1 unspecified atom stereocenters. The number of hydrogen-bond acceptors (Lipinski definition) is 2. The summed E-state index contributed by atoms with van der Waals surface area (Å²) in [4.78, 5) is 0. The van der Waals surface area contributed by atoms with Gasteiger partial charge < -0.3 is 10.1 Å². The first-order valence-corrected chi connectivity index (χ1v) is 8.10. The average molecular weight is 348 g/mol. The highest BCUT2D eigenvalue weighted by Gasteiger charge is 2.03. The van der Waals surface area contributed by atoms with Crippen molar-refractivity contribution in [2.24, 2.45) is 0 Å². The third-order valence-corrected chi connectivity index (χ3v) is 3.84. The Kier molecular flexibility index (Phi) is 6.27. The van der Waals surface area contributed by atoms with Crippen LogP contribution in [0.1, 0.15) is 18.1 Å². The Labute approximate surface area is 135 Å². The maximum Gasteiger partial charge on any atom is 0.119 e. The molecule has 0 aromatic heterocycles. The molecule has 21 heavy (non-hydrogen) atoms. The minimum atomic E-state index is 0.437. The second-order valence-corrected chi connectivity index (χ2v) is 6.27. The summed E-state index contributed by atoms with van der Waals surface area (Å²) in [5.41, 5.74) is 2.57. The molecule has 0 fully saturated rings. The van der Waals surface area contributed by atoms with Crippen LogP contribution >= 0.6 is 15.9 Å². The fourth-order valence-electron chi connectivity index (χ4n) is 2.23. The largest absolute Gasteiger partial charge is 0.492 e. The molecule has 0 heterocycles. The van der Waals surface area contributed by atoms with E-state index in [0.29, 0.717) is 12.6 Å². The summed E-state index contributed by atoms with van der Waals surface area (Å²) in [7, 11) is 0. The van der Waals surface area contributed by atoms with Crippen LogP contribution in [0, 0.1) is 6.92 Å². The Morgan fingerprint density at radius 3 is 2.62 bits per heavy atom. The lowest BCUT2D eigenvalue weighted by atomic mass is 10.1. The van der Waals surface area contributed by atoms with Gasteiger partial charge in [-0.1, -0.05) is 40.2 Å². The number of hydrogen-bond donors (Lipinski definition) is 1. The van der Waals surface area contributed by atoms with Crippen LogP contribution in [0.3, 0.4) is 0 Å². The quantitative estimate of drug-likeness (QED) is 0.751. The van der Waals surface area contributed by atoms with Crippen LogP contribution in [0.5, 0.6) is 5.75 Å². The van der Waals surface area contributed by atoms with Crippen molar-refractivity contribution < 1.29 is 4.74 Å². The van der Waals surface area contributed by atoms with Gasteiger partial charge in [0.15, 0.2) is 0 Å². The lowest BCUT2D eigenvalue weighted by molar-refractivity contribution is 0.306. The lowest BCUT2D eigenvalue weighted by Crippen LogP contribution is -2.31. The van der Waals surface area contributed by atoms with Crippen LogP contribution in [-0.4, -0.2) is 19.2 Å². The highest BCUT2D eigenvalue weighted by molar-refractivity contribution is 9.10. The average Bonchev–Trinajstić information content (AvgIpc) is 2.46. The number of rotatable bonds is 7. The van der Waals surface area contributed by atoms with Gasteiger partial charge in [-0.15, -0.1) is 0 Å². The number of aryl methyl sites for hydroxylation is 1. The molecule has 2 aromatic carbocycles. The van der Waals surface area contributed by atoms with E-state index < -0.39 is 0 Å². The summed E-state index contributed by atoms with van der Waals surface area (Å²) in [6, 6.07) is 17.1. The Morgan fingerprint density at radius 1 is 1.14 bits per heavy atom. The maximum atomic E-state index is 5.73. The molecule has 2 aromatic rings. The molecule has 0 aliphatic carbocycles. The molecular formula is C18H22BrNO. The van der Waals surface area contributed by atoms with E-state index >= 15 is 0 Å².